The van der Waals surface area contributed by atoms with Crippen molar-refractivity contribution < 1.29 is 17.9 Å². The average molecular weight is 353 g/mol. The molecule has 0 aromatic carbocycles. The molecule has 6 nitrogen and oxygen atoms in total. The maximum absolute atomic E-state index is 13.1. The summed E-state index contributed by atoms with van der Waals surface area (Å²) in [4.78, 5) is 13.7. The van der Waals surface area contributed by atoms with Gasteiger partial charge in [0.2, 0.25) is 0 Å². The van der Waals surface area contributed by atoms with E-state index in [9.17, 15) is 13.2 Å². The lowest BCUT2D eigenvalue weighted by molar-refractivity contribution is -0.137. The highest BCUT2D eigenvalue weighted by Gasteiger charge is 2.36. The first kappa shape index (κ1) is 17.4. The van der Waals surface area contributed by atoms with Crippen molar-refractivity contribution in [2.24, 2.45) is 0 Å². The van der Waals surface area contributed by atoms with Gasteiger partial charge in [0.25, 0.3) is 0 Å². The summed E-state index contributed by atoms with van der Waals surface area (Å²) < 4.78 is 44.7. The van der Waals surface area contributed by atoms with Crippen LogP contribution in [0.1, 0.15) is 12.0 Å². The summed E-state index contributed by atoms with van der Waals surface area (Å²) in [7, 11) is 1.63. The molecular weight excluding hydrogens is 335 g/mol. The first-order valence-corrected chi connectivity index (χ1v) is 7.79. The Labute approximate surface area is 143 Å². The fourth-order valence-corrected chi connectivity index (χ4v) is 2.97. The molecule has 1 N–H and O–H groups in total. The zero-order chi connectivity index (χ0) is 17.9. The Hall–Kier alpha value is -2.42. The van der Waals surface area contributed by atoms with Crippen LogP contribution in [0.25, 0.3) is 0 Å². The van der Waals surface area contributed by atoms with Gasteiger partial charge in [-0.3, -0.25) is 4.98 Å². The van der Waals surface area contributed by atoms with Gasteiger partial charge in [-0.15, -0.1) is 0 Å². The average Bonchev–Trinajstić information content (AvgIpc) is 3.03. The lowest BCUT2D eigenvalue weighted by Gasteiger charge is -2.26. The van der Waals surface area contributed by atoms with Crippen LogP contribution in [0.5, 0.6) is 0 Å². The van der Waals surface area contributed by atoms with E-state index < -0.39 is 11.7 Å². The second kappa shape index (κ2) is 7.22. The number of alkyl halides is 3. The van der Waals surface area contributed by atoms with Crippen LogP contribution in [-0.4, -0.2) is 47.3 Å². The van der Waals surface area contributed by atoms with Gasteiger partial charge in [0, 0.05) is 44.5 Å². The van der Waals surface area contributed by atoms with E-state index in [1.165, 1.54) is 18.6 Å². The maximum Gasteiger partial charge on any atom is 0.419 e. The topological polar surface area (TPSA) is 63.2 Å². The molecule has 25 heavy (non-hydrogen) atoms. The van der Waals surface area contributed by atoms with E-state index in [1.54, 1.807) is 19.4 Å². The van der Waals surface area contributed by atoms with Crippen LogP contribution in [0.4, 0.5) is 24.7 Å². The predicted octanol–water partition coefficient (Wildman–Crippen LogP) is 2.60. The molecular formula is C16H18F3N5O. The van der Waals surface area contributed by atoms with E-state index in [0.717, 1.165) is 12.0 Å². The van der Waals surface area contributed by atoms with Gasteiger partial charge < -0.3 is 15.0 Å². The van der Waals surface area contributed by atoms with Gasteiger partial charge in [-0.2, -0.15) is 13.2 Å². The normalized spacial score (nSPS) is 20.7. The van der Waals surface area contributed by atoms with Crippen molar-refractivity contribution in [2.75, 3.05) is 30.4 Å². The van der Waals surface area contributed by atoms with Crippen molar-refractivity contribution in [3.05, 3.63) is 42.6 Å². The molecule has 1 fully saturated rings. The van der Waals surface area contributed by atoms with Gasteiger partial charge in [0.1, 0.15) is 12.1 Å². The minimum atomic E-state index is -4.45. The molecule has 2 atom stereocenters. The number of ether oxygens (including phenoxy) is 1. The van der Waals surface area contributed by atoms with Crippen LogP contribution in [0.15, 0.2) is 37.1 Å². The van der Waals surface area contributed by atoms with Crippen molar-refractivity contribution in [2.45, 2.75) is 24.7 Å². The van der Waals surface area contributed by atoms with E-state index in [-0.39, 0.29) is 17.8 Å². The zero-order valence-electron chi connectivity index (χ0n) is 13.6. The Morgan fingerprint density at radius 1 is 1.28 bits per heavy atom. The molecule has 1 aliphatic rings. The molecule has 0 unspecified atom stereocenters. The number of hydrogen-bond donors (Lipinski definition) is 1. The second-order valence-corrected chi connectivity index (χ2v) is 5.77. The zero-order valence-corrected chi connectivity index (χ0v) is 13.6. The van der Waals surface area contributed by atoms with Crippen molar-refractivity contribution in [1.82, 2.24) is 15.0 Å². The van der Waals surface area contributed by atoms with Crippen LogP contribution in [0.2, 0.25) is 0 Å². The SMILES string of the molecule is CO[C@@H]1C[C@H](CNc2ccncc2C(F)(F)F)N(c2ccncn2)C1. The molecule has 0 amide bonds. The number of nitrogens with one attached hydrogen (secondary N) is 1. The summed E-state index contributed by atoms with van der Waals surface area (Å²) in [5.74, 6) is 0.729. The lowest BCUT2D eigenvalue weighted by atomic mass is 10.1. The molecule has 0 bridgehead atoms. The summed E-state index contributed by atoms with van der Waals surface area (Å²) >= 11 is 0. The third-order valence-electron chi connectivity index (χ3n) is 4.22. The largest absolute Gasteiger partial charge is 0.419 e. The Balaban J connectivity index is 1.75. The van der Waals surface area contributed by atoms with Crippen LogP contribution in [-0.2, 0) is 10.9 Å². The minimum Gasteiger partial charge on any atom is -0.382 e. The lowest BCUT2D eigenvalue weighted by Crippen LogP contribution is -2.36. The summed E-state index contributed by atoms with van der Waals surface area (Å²) in [6, 6.07) is 3.06. The van der Waals surface area contributed by atoms with E-state index in [0.29, 0.717) is 19.5 Å². The van der Waals surface area contributed by atoms with Crippen molar-refractivity contribution >= 4 is 11.5 Å². The molecule has 0 spiro atoms. The van der Waals surface area contributed by atoms with Crippen molar-refractivity contribution in [1.29, 1.82) is 0 Å². The summed E-state index contributed by atoms with van der Waals surface area (Å²) in [5, 5.41) is 2.91. The Bertz CT molecular complexity index is 698. The molecule has 1 aliphatic heterocycles. The monoisotopic (exact) mass is 353 g/mol. The number of aromatic nitrogens is 3. The van der Waals surface area contributed by atoms with E-state index in [1.807, 2.05) is 4.90 Å². The Morgan fingerprint density at radius 3 is 2.76 bits per heavy atom. The summed E-state index contributed by atoms with van der Waals surface area (Å²) in [6.45, 7) is 0.958. The molecule has 0 saturated carbocycles. The van der Waals surface area contributed by atoms with Gasteiger partial charge in [0.05, 0.1) is 17.7 Å². The number of hydrogen-bond acceptors (Lipinski definition) is 6. The van der Waals surface area contributed by atoms with Gasteiger partial charge in [0.15, 0.2) is 0 Å². The Morgan fingerprint density at radius 2 is 2.08 bits per heavy atom. The van der Waals surface area contributed by atoms with Crippen LogP contribution in [0.3, 0.4) is 0 Å². The molecule has 2 aromatic rings. The quantitative estimate of drug-likeness (QED) is 0.892. The highest BCUT2D eigenvalue weighted by Crippen LogP contribution is 2.34. The van der Waals surface area contributed by atoms with Gasteiger partial charge in [-0.1, -0.05) is 0 Å². The van der Waals surface area contributed by atoms with Gasteiger partial charge >= 0.3 is 6.18 Å². The number of rotatable bonds is 5. The minimum absolute atomic E-state index is 0.00120. The van der Waals surface area contributed by atoms with Crippen molar-refractivity contribution in [3.8, 4) is 0 Å². The van der Waals surface area contributed by atoms with E-state index in [4.69, 9.17) is 4.74 Å². The summed E-state index contributed by atoms with van der Waals surface area (Å²) in [6.07, 6.45) is 1.50. The molecule has 1 saturated heterocycles. The van der Waals surface area contributed by atoms with Gasteiger partial charge in [-0.25, -0.2) is 9.97 Å². The van der Waals surface area contributed by atoms with Crippen molar-refractivity contribution in [3.63, 3.8) is 0 Å². The number of nitrogens with zero attached hydrogens (tertiary/aromatic N) is 4. The van der Waals surface area contributed by atoms with Crippen LogP contribution < -0.4 is 10.2 Å². The highest BCUT2D eigenvalue weighted by molar-refractivity contribution is 5.52. The van der Waals surface area contributed by atoms with E-state index >= 15 is 0 Å². The fourth-order valence-electron chi connectivity index (χ4n) is 2.97. The molecule has 0 aliphatic carbocycles. The third kappa shape index (κ3) is 3.98. The second-order valence-electron chi connectivity index (χ2n) is 5.77. The standard InChI is InChI=1S/C16H18F3N5O/c1-25-12-6-11(24(9-12)15-3-5-21-10-23-15)7-22-14-2-4-20-8-13(14)16(17,18)19/h2-5,8,10-12H,6-7,9H2,1H3,(H,20,22)/t11-,12-/m1/s1. The Kier molecular flexibility index (Phi) is 5.03. The smallest absolute Gasteiger partial charge is 0.382 e. The molecule has 3 rings (SSSR count). The number of methoxy groups -OCH3 is 1. The first-order valence-electron chi connectivity index (χ1n) is 7.79. The fraction of sp³-hybridized carbons (Fsp3) is 0.438. The van der Waals surface area contributed by atoms with Gasteiger partial charge in [-0.05, 0) is 18.6 Å². The molecule has 3 heterocycles. The number of halogens is 3. The molecule has 2 aromatic heterocycles. The third-order valence-corrected chi connectivity index (χ3v) is 4.22. The predicted molar refractivity (Wildman–Crippen MR) is 86.3 cm³/mol. The summed E-state index contributed by atoms with van der Waals surface area (Å²) in [5.41, 5.74) is -0.754. The number of anilines is 2. The number of pyridine rings is 1. The highest BCUT2D eigenvalue weighted by atomic mass is 19.4. The van der Waals surface area contributed by atoms with Crippen LogP contribution in [0, 0.1) is 0 Å². The molecule has 9 heteroatoms. The maximum atomic E-state index is 13.1. The molecule has 134 valence electrons. The first-order chi connectivity index (χ1) is 12.0. The van der Waals surface area contributed by atoms with E-state index in [2.05, 4.69) is 20.3 Å². The van der Waals surface area contributed by atoms with Crippen LogP contribution >= 0.6 is 0 Å². The molecule has 0 radical (unpaired) electrons.